The van der Waals surface area contributed by atoms with Gasteiger partial charge in [-0.25, -0.2) is 0 Å². The number of benzene rings is 2. The summed E-state index contributed by atoms with van der Waals surface area (Å²) in [5, 5.41) is 4.98. The van der Waals surface area contributed by atoms with Crippen molar-refractivity contribution in [2.75, 3.05) is 25.1 Å². The van der Waals surface area contributed by atoms with Gasteiger partial charge in [0.15, 0.2) is 0 Å². The Balaban J connectivity index is 1.41. The van der Waals surface area contributed by atoms with Gasteiger partial charge in [-0.15, -0.1) is 0 Å². The van der Waals surface area contributed by atoms with Crippen molar-refractivity contribution in [3.8, 4) is 17.1 Å². The average Bonchev–Trinajstić information content (AvgIpc) is 3.36. The molecule has 0 saturated carbocycles. The molecule has 9 nitrogen and oxygen atoms in total. The molecular formula is C25H25N5O4. The predicted octanol–water partition coefficient (Wildman–Crippen LogP) is 3.08. The number of carbonyl (C=O) groups is 1. The Morgan fingerprint density at radius 3 is 2.50 bits per heavy atom. The first-order valence-electron chi connectivity index (χ1n) is 11.1. The highest BCUT2D eigenvalue weighted by atomic mass is 16.5. The number of hydrogen-bond acceptors (Lipinski definition) is 7. The number of ether oxygens (including phenoxy) is 1. The van der Waals surface area contributed by atoms with Gasteiger partial charge in [0, 0.05) is 37.0 Å². The number of piperidine rings is 1. The number of pyridine rings is 1. The molecule has 9 heteroatoms. The minimum absolute atomic E-state index is 0.0271. The molecule has 4 aromatic rings. The zero-order chi connectivity index (χ0) is 23.8. The quantitative estimate of drug-likeness (QED) is 0.487. The molecule has 2 N–H and O–H groups in total. The van der Waals surface area contributed by atoms with Crippen LogP contribution in [0.1, 0.15) is 35.0 Å². The second kappa shape index (κ2) is 8.66. The lowest BCUT2D eigenvalue weighted by Gasteiger charge is -2.34. The highest BCUT2D eigenvalue weighted by Crippen LogP contribution is 2.35. The van der Waals surface area contributed by atoms with Crippen molar-refractivity contribution in [3.05, 3.63) is 70.3 Å². The summed E-state index contributed by atoms with van der Waals surface area (Å²) in [4.78, 5) is 31.9. The number of aryl methyl sites for hydroxylation is 1. The van der Waals surface area contributed by atoms with Crippen LogP contribution in [0.15, 0.2) is 57.8 Å². The summed E-state index contributed by atoms with van der Waals surface area (Å²) in [6, 6.07) is 15.1. The highest BCUT2D eigenvalue weighted by Gasteiger charge is 2.30. The molecule has 34 heavy (non-hydrogen) atoms. The summed E-state index contributed by atoms with van der Waals surface area (Å²) < 4.78 is 12.3. The van der Waals surface area contributed by atoms with Gasteiger partial charge in [0.25, 0.3) is 11.5 Å². The minimum Gasteiger partial charge on any atom is -0.497 e. The maximum absolute atomic E-state index is 12.9. The van der Waals surface area contributed by atoms with E-state index in [1.165, 1.54) is 4.57 Å². The van der Waals surface area contributed by atoms with Crippen LogP contribution in [0.3, 0.4) is 0 Å². The molecule has 1 saturated heterocycles. The van der Waals surface area contributed by atoms with E-state index in [4.69, 9.17) is 15.0 Å². The maximum atomic E-state index is 12.9. The monoisotopic (exact) mass is 459 g/mol. The van der Waals surface area contributed by atoms with Gasteiger partial charge in [-0.05, 0) is 43.2 Å². The number of nitrogens with zero attached hydrogens (tertiary/aromatic N) is 4. The van der Waals surface area contributed by atoms with Crippen LogP contribution >= 0.6 is 0 Å². The molecule has 2 aromatic heterocycles. The number of hydrogen-bond donors (Lipinski definition) is 1. The number of fused-ring (bicyclic) bond motifs is 1. The summed E-state index contributed by atoms with van der Waals surface area (Å²) in [6.07, 6.45) is 1.48. The Bertz CT molecular complexity index is 1420. The van der Waals surface area contributed by atoms with E-state index in [0.29, 0.717) is 30.5 Å². The summed E-state index contributed by atoms with van der Waals surface area (Å²) in [5.74, 6) is 1.26. The molecule has 1 fully saturated rings. The largest absolute Gasteiger partial charge is 0.497 e. The fourth-order valence-electron chi connectivity index (χ4n) is 4.64. The van der Waals surface area contributed by atoms with Crippen LogP contribution in [-0.2, 0) is 7.05 Å². The first-order valence-corrected chi connectivity index (χ1v) is 11.1. The van der Waals surface area contributed by atoms with E-state index in [1.54, 1.807) is 14.2 Å². The van der Waals surface area contributed by atoms with E-state index in [9.17, 15) is 9.59 Å². The Labute approximate surface area is 195 Å². The number of carbonyl (C=O) groups excluding carboxylic acids is 1. The van der Waals surface area contributed by atoms with Crippen LogP contribution in [0, 0.1) is 0 Å². The summed E-state index contributed by atoms with van der Waals surface area (Å²) >= 11 is 0. The molecule has 1 amide bonds. The van der Waals surface area contributed by atoms with Crippen LogP contribution in [0.2, 0.25) is 0 Å². The van der Waals surface area contributed by atoms with Gasteiger partial charge >= 0.3 is 0 Å². The van der Waals surface area contributed by atoms with Crippen molar-refractivity contribution in [2.24, 2.45) is 12.8 Å². The van der Waals surface area contributed by atoms with Gasteiger partial charge in [-0.3, -0.25) is 9.59 Å². The van der Waals surface area contributed by atoms with Gasteiger partial charge in [-0.2, -0.15) is 4.98 Å². The van der Waals surface area contributed by atoms with Crippen molar-refractivity contribution in [3.63, 3.8) is 0 Å². The molecule has 0 atom stereocenters. The van der Waals surface area contributed by atoms with E-state index in [1.807, 2.05) is 48.5 Å². The van der Waals surface area contributed by atoms with Crippen LogP contribution in [0.4, 0.5) is 5.69 Å². The number of primary amides is 1. The molecule has 1 aliphatic heterocycles. The number of amides is 1. The van der Waals surface area contributed by atoms with Gasteiger partial charge in [0.1, 0.15) is 11.3 Å². The minimum atomic E-state index is -0.718. The Morgan fingerprint density at radius 1 is 1.12 bits per heavy atom. The molecular weight excluding hydrogens is 434 g/mol. The third-order valence-electron chi connectivity index (χ3n) is 6.47. The molecule has 0 aliphatic carbocycles. The van der Waals surface area contributed by atoms with Crippen LogP contribution in [-0.4, -0.2) is 40.8 Å². The Morgan fingerprint density at radius 2 is 1.82 bits per heavy atom. The molecule has 0 radical (unpaired) electrons. The first kappa shape index (κ1) is 21.7. The highest BCUT2D eigenvalue weighted by molar-refractivity contribution is 6.06. The number of para-hydroxylation sites is 1. The average molecular weight is 460 g/mol. The summed E-state index contributed by atoms with van der Waals surface area (Å²) in [6.45, 7) is 1.25. The van der Waals surface area contributed by atoms with Gasteiger partial charge < -0.3 is 24.5 Å². The number of rotatable bonds is 5. The molecule has 1 aliphatic rings. The molecule has 3 heterocycles. The van der Waals surface area contributed by atoms with E-state index in [-0.39, 0.29) is 17.0 Å². The number of aromatic nitrogens is 3. The smallest absolute Gasteiger partial charge is 0.265 e. The first-order chi connectivity index (χ1) is 16.5. The lowest BCUT2D eigenvalue weighted by molar-refractivity contribution is 0.0999. The van der Waals surface area contributed by atoms with Crippen molar-refractivity contribution in [1.29, 1.82) is 0 Å². The lowest BCUT2D eigenvalue weighted by Crippen LogP contribution is -2.38. The van der Waals surface area contributed by atoms with Gasteiger partial charge in [0.2, 0.25) is 11.7 Å². The number of anilines is 1. The molecule has 0 spiro atoms. The van der Waals surface area contributed by atoms with Gasteiger partial charge in [0.05, 0.1) is 18.3 Å². The fraction of sp³-hybridized carbons (Fsp3) is 0.280. The third kappa shape index (κ3) is 3.68. The standard InChI is InChI=1S/C25H25N5O4/c1-29-19-6-4-3-5-18(19)21(20(22(26)31)25(29)32)30-13-11-16(12-14-30)24-27-23(28-34-24)15-7-9-17(33-2)10-8-15/h3-10,16H,11-14H2,1-2H3,(H2,26,31). The van der Waals surface area contributed by atoms with E-state index in [0.717, 1.165) is 35.1 Å². The zero-order valence-electron chi connectivity index (χ0n) is 19.0. The topological polar surface area (TPSA) is 116 Å². The normalized spacial score (nSPS) is 14.5. The number of nitrogens with two attached hydrogens (primary N) is 1. The molecule has 0 unspecified atom stereocenters. The second-order valence-electron chi connectivity index (χ2n) is 8.42. The van der Waals surface area contributed by atoms with Crippen molar-refractivity contribution in [1.82, 2.24) is 14.7 Å². The SMILES string of the molecule is COc1ccc(-c2noc(C3CCN(c4c(C(N)=O)c(=O)n(C)c5ccccc45)CC3)n2)cc1. The zero-order valence-corrected chi connectivity index (χ0v) is 19.0. The van der Waals surface area contributed by atoms with E-state index in [2.05, 4.69) is 15.0 Å². The summed E-state index contributed by atoms with van der Waals surface area (Å²) in [5.41, 5.74) is 7.52. The Hall–Kier alpha value is -4.14. The molecule has 5 rings (SSSR count). The van der Waals surface area contributed by atoms with Crippen molar-refractivity contribution < 1.29 is 14.1 Å². The van der Waals surface area contributed by atoms with E-state index >= 15 is 0 Å². The van der Waals surface area contributed by atoms with Crippen LogP contribution in [0.25, 0.3) is 22.3 Å². The van der Waals surface area contributed by atoms with Crippen LogP contribution in [0.5, 0.6) is 5.75 Å². The van der Waals surface area contributed by atoms with Crippen LogP contribution < -0.4 is 20.9 Å². The van der Waals surface area contributed by atoms with Gasteiger partial charge in [-0.1, -0.05) is 23.4 Å². The van der Waals surface area contributed by atoms with Crippen molar-refractivity contribution >= 4 is 22.5 Å². The molecule has 2 aromatic carbocycles. The Kier molecular flexibility index (Phi) is 5.53. The second-order valence-corrected chi connectivity index (χ2v) is 8.42. The number of methoxy groups -OCH3 is 1. The predicted molar refractivity (Wildman–Crippen MR) is 128 cm³/mol. The summed E-state index contributed by atoms with van der Waals surface area (Å²) in [7, 11) is 3.28. The molecule has 174 valence electrons. The van der Waals surface area contributed by atoms with Crippen molar-refractivity contribution in [2.45, 2.75) is 18.8 Å². The maximum Gasteiger partial charge on any atom is 0.265 e. The third-order valence-corrected chi connectivity index (χ3v) is 6.47. The molecule has 0 bridgehead atoms. The van der Waals surface area contributed by atoms with E-state index < -0.39 is 5.91 Å². The lowest BCUT2D eigenvalue weighted by atomic mass is 9.95. The fourth-order valence-corrected chi connectivity index (χ4v) is 4.64.